The molecule has 1 aromatic rings. The Morgan fingerprint density at radius 1 is 1.24 bits per heavy atom. The van der Waals surface area contributed by atoms with Crippen molar-refractivity contribution < 1.29 is 14.6 Å². The van der Waals surface area contributed by atoms with Gasteiger partial charge in [-0.3, -0.25) is 4.79 Å². The SMILES string of the molecule is CC(C)[C@@H](O)C[C@H](OC(=O)CCCC1SCCCS1)c1ccccc1. The quantitative estimate of drug-likeness (QED) is 0.606. The van der Waals surface area contributed by atoms with E-state index in [4.69, 9.17) is 4.74 Å². The van der Waals surface area contributed by atoms with Crippen molar-refractivity contribution in [3.8, 4) is 0 Å². The minimum Gasteiger partial charge on any atom is -0.457 e. The van der Waals surface area contributed by atoms with Gasteiger partial charge in [0.1, 0.15) is 6.10 Å². The Morgan fingerprint density at radius 3 is 2.56 bits per heavy atom. The van der Waals surface area contributed by atoms with Crippen molar-refractivity contribution in [3.05, 3.63) is 35.9 Å². The molecule has 1 fully saturated rings. The molecule has 0 saturated carbocycles. The van der Waals surface area contributed by atoms with Crippen LogP contribution >= 0.6 is 23.5 Å². The molecule has 0 aromatic heterocycles. The fraction of sp³-hybridized carbons (Fsp3) is 0.650. The fourth-order valence-electron chi connectivity index (χ4n) is 2.75. The third-order valence-electron chi connectivity index (χ3n) is 4.39. The molecule has 0 spiro atoms. The molecular formula is C20H30O3S2. The lowest BCUT2D eigenvalue weighted by Gasteiger charge is -2.24. The van der Waals surface area contributed by atoms with Crippen LogP contribution in [0.25, 0.3) is 0 Å². The lowest BCUT2D eigenvalue weighted by Crippen LogP contribution is -2.22. The maximum atomic E-state index is 12.3. The van der Waals surface area contributed by atoms with E-state index < -0.39 is 6.10 Å². The third kappa shape index (κ3) is 7.63. The summed E-state index contributed by atoms with van der Waals surface area (Å²) in [6.07, 6.45) is 3.29. The molecule has 1 N–H and O–H groups in total. The molecule has 3 nitrogen and oxygen atoms in total. The molecule has 1 saturated heterocycles. The highest BCUT2D eigenvalue weighted by Gasteiger charge is 2.22. The molecule has 1 heterocycles. The largest absolute Gasteiger partial charge is 0.457 e. The average molecular weight is 383 g/mol. The molecule has 140 valence electrons. The van der Waals surface area contributed by atoms with Crippen LogP contribution in [0.5, 0.6) is 0 Å². The predicted octanol–water partition coefficient (Wildman–Crippen LogP) is 5.04. The van der Waals surface area contributed by atoms with E-state index in [0.29, 0.717) is 17.4 Å². The highest BCUT2D eigenvalue weighted by Crippen LogP contribution is 2.34. The molecule has 1 aliphatic heterocycles. The van der Waals surface area contributed by atoms with Crippen LogP contribution in [-0.4, -0.2) is 33.3 Å². The van der Waals surface area contributed by atoms with Gasteiger partial charge in [0, 0.05) is 12.8 Å². The Hall–Kier alpha value is -0.650. The van der Waals surface area contributed by atoms with E-state index in [1.54, 1.807) is 0 Å². The van der Waals surface area contributed by atoms with E-state index in [1.165, 1.54) is 17.9 Å². The molecule has 5 heteroatoms. The Kier molecular flexibility index (Phi) is 9.21. The van der Waals surface area contributed by atoms with Crippen molar-refractivity contribution in [2.24, 2.45) is 5.92 Å². The van der Waals surface area contributed by atoms with Crippen molar-refractivity contribution in [1.82, 2.24) is 0 Å². The van der Waals surface area contributed by atoms with E-state index in [9.17, 15) is 9.90 Å². The zero-order valence-electron chi connectivity index (χ0n) is 15.2. The highest BCUT2D eigenvalue weighted by molar-refractivity contribution is 8.17. The number of hydrogen-bond donors (Lipinski definition) is 1. The summed E-state index contributed by atoms with van der Waals surface area (Å²) >= 11 is 4.03. The van der Waals surface area contributed by atoms with Crippen molar-refractivity contribution in [3.63, 3.8) is 0 Å². The predicted molar refractivity (Wildman–Crippen MR) is 108 cm³/mol. The standard InChI is InChI=1S/C20H30O3S2/c1-15(2)17(21)14-18(16-8-4-3-5-9-16)23-19(22)10-6-11-20-24-12-7-13-25-20/h3-5,8-9,15,17-18,20-21H,6-7,10-14H2,1-2H3/t17-,18-/m0/s1. The van der Waals surface area contributed by atoms with Gasteiger partial charge in [0.25, 0.3) is 0 Å². The second kappa shape index (κ2) is 11.1. The summed E-state index contributed by atoms with van der Waals surface area (Å²) in [4.78, 5) is 12.3. The van der Waals surface area contributed by atoms with E-state index in [1.807, 2.05) is 67.7 Å². The van der Waals surface area contributed by atoms with Gasteiger partial charge in [0.15, 0.2) is 0 Å². The molecular weight excluding hydrogens is 352 g/mol. The van der Waals surface area contributed by atoms with Gasteiger partial charge in [-0.05, 0) is 42.2 Å². The molecule has 2 atom stereocenters. The lowest BCUT2D eigenvalue weighted by atomic mass is 9.97. The third-order valence-corrected chi connectivity index (χ3v) is 7.47. The molecule has 0 bridgehead atoms. The summed E-state index contributed by atoms with van der Waals surface area (Å²) < 4.78 is 6.37. The van der Waals surface area contributed by atoms with Crippen LogP contribution in [0.1, 0.15) is 57.6 Å². The van der Waals surface area contributed by atoms with Gasteiger partial charge in [-0.25, -0.2) is 0 Å². The van der Waals surface area contributed by atoms with Gasteiger partial charge in [-0.2, -0.15) is 0 Å². The monoisotopic (exact) mass is 382 g/mol. The molecule has 0 unspecified atom stereocenters. The number of ether oxygens (including phenoxy) is 1. The number of thioether (sulfide) groups is 2. The molecule has 1 aromatic carbocycles. The first-order valence-electron chi connectivity index (χ1n) is 9.22. The number of rotatable bonds is 9. The zero-order chi connectivity index (χ0) is 18.1. The van der Waals surface area contributed by atoms with Gasteiger partial charge < -0.3 is 9.84 Å². The Labute approximate surface area is 160 Å². The number of aliphatic hydroxyl groups is 1. The van der Waals surface area contributed by atoms with Crippen LogP contribution in [0.4, 0.5) is 0 Å². The number of esters is 1. The number of aliphatic hydroxyl groups excluding tert-OH is 1. The first-order chi connectivity index (χ1) is 12.1. The molecule has 25 heavy (non-hydrogen) atoms. The molecule has 0 amide bonds. The van der Waals surface area contributed by atoms with Crippen LogP contribution in [0.3, 0.4) is 0 Å². The van der Waals surface area contributed by atoms with Crippen LogP contribution in [-0.2, 0) is 9.53 Å². The Balaban J connectivity index is 1.83. The number of carbonyl (C=O) groups excluding carboxylic acids is 1. The maximum absolute atomic E-state index is 12.3. The van der Waals surface area contributed by atoms with Crippen LogP contribution in [0, 0.1) is 5.92 Å². The summed E-state index contributed by atoms with van der Waals surface area (Å²) in [6.45, 7) is 3.96. The Bertz CT molecular complexity index is 501. The van der Waals surface area contributed by atoms with Gasteiger partial charge in [-0.15, -0.1) is 23.5 Å². The average Bonchev–Trinajstić information content (AvgIpc) is 2.62. The summed E-state index contributed by atoms with van der Waals surface area (Å²) in [5.74, 6) is 2.47. The van der Waals surface area contributed by atoms with E-state index in [2.05, 4.69) is 0 Å². The minimum atomic E-state index is -0.479. The molecule has 2 rings (SSSR count). The summed E-state index contributed by atoms with van der Waals surface area (Å²) in [5, 5.41) is 10.2. The van der Waals surface area contributed by atoms with Crippen molar-refractivity contribution in [2.45, 2.75) is 62.7 Å². The zero-order valence-corrected chi connectivity index (χ0v) is 16.9. The first-order valence-corrected chi connectivity index (χ1v) is 11.3. The second-order valence-corrected chi connectivity index (χ2v) is 9.77. The number of carbonyl (C=O) groups is 1. The summed E-state index contributed by atoms with van der Waals surface area (Å²) in [6, 6.07) is 9.74. The molecule has 0 aliphatic carbocycles. The van der Waals surface area contributed by atoms with E-state index >= 15 is 0 Å². The summed E-state index contributed by atoms with van der Waals surface area (Å²) in [7, 11) is 0. The van der Waals surface area contributed by atoms with Crippen molar-refractivity contribution in [1.29, 1.82) is 0 Å². The van der Waals surface area contributed by atoms with Gasteiger partial charge in [0.05, 0.1) is 10.7 Å². The molecule has 1 aliphatic rings. The van der Waals surface area contributed by atoms with Crippen molar-refractivity contribution >= 4 is 29.5 Å². The van der Waals surface area contributed by atoms with Crippen LogP contribution in [0.15, 0.2) is 30.3 Å². The van der Waals surface area contributed by atoms with E-state index in [0.717, 1.165) is 18.4 Å². The van der Waals surface area contributed by atoms with Gasteiger partial charge >= 0.3 is 5.97 Å². The summed E-state index contributed by atoms with van der Waals surface area (Å²) in [5.41, 5.74) is 0.953. The van der Waals surface area contributed by atoms with Gasteiger partial charge in [0.2, 0.25) is 0 Å². The topological polar surface area (TPSA) is 46.5 Å². The first kappa shape index (κ1) is 20.7. The number of benzene rings is 1. The van der Waals surface area contributed by atoms with Crippen molar-refractivity contribution in [2.75, 3.05) is 11.5 Å². The maximum Gasteiger partial charge on any atom is 0.306 e. The van der Waals surface area contributed by atoms with Gasteiger partial charge in [-0.1, -0.05) is 44.2 Å². The molecule has 0 radical (unpaired) electrons. The van der Waals surface area contributed by atoms with E-state index in [-0.39, 0.29) is 18.0 Å². The fourth-order valence-corrected chi connectivity index (χ4v) is 5.70. The normalized spacial score (nSPS) is 18.1. The second-order valence-electron chi connectivity index (χ2n) is 6.85. The lowest BCUT2D eigenvalue weighted by molar-refractivity contribution is -0.151. The van der Waals surface area contributed by atoms with Crippen LogP contribution < -0.4 is 0 Å². The number of hydrogen-bond acceptors (Lipinski definition) is 5. The van der Waals surface area contributed by atoms with Crippen LogP contribution in [0.2, 0.25) is 0 Å². The smallest absolute Gasteiger partial charge is 0.306 e. The Morgan fingerprint density at radius 2 is 1.92 bits per heavy atom. The highest BCUT2D eigenvalue weighted by atomic mass is 32.2. The minimum absolute atomic E-state index is 0.144.